The number of allylic oxidation sites excluding steroid dienone is 2. The summed E-state index contributed by atoms with van der Waals surface area (Å²) in [6, 6.07) is 0. The molecule has 4 nitrogen and oxygen atoms in total. The monoisotopic (exact) mass is 196 g/mol. The van der Waals surface area contributed by atoms with Crippen LogP contribution in [0.4, 0.5) is 0 Å². The van der Waals surface area contributed by atoms with E-state index in [1.54, 1.807) is 0 Å². The maximum atomic E-state index is 11.4. The fourth-order valence-corrected chi connectivity index (χ4v) is 2.62. The van der Waals surface area contributed by atoms with E-state index in [-0.39, 0.29) is 11.8 Å². The molecule has 2 aliphatic carbocycles. The number of fused-ring (bicyclic) bond motifs is 2. The van der Waals surface area contributed by atoms with E-state index in [0.29, 0.717) is 0 Å². The maximum absolute atomic E-state index is 11.4. The molecule has 1 saturated carbocycles. The zero-order valence-corrected chi connectivity index (χ0v) is 7.84. The predicted octanol–water partition coefficient (Wildman–Crippen LogP) is 0.682. The van der Waals surface area contributed by atoms with Crippen molar-refractivity contribution in [3.05, 3.63) is 12.2 Å². The second-order valence-corrected chi connectivity index (χ2v) is 3.86. The molecule has 0 aromatic rings. The van der Waals surface area contributed by atoms with E-state index in [9.17, 15) is 9.59 Å². The Bertz CT molecular complexity index is 307. The van der Waals surface area contributed by atoms with Crippen LogP contribution in [-0.4, -0.2) is 24.2 Å². The van der Waals surface area contributed by atoms with Gasteiger partial charge in [0.25, 0.3) is 0 Å². The van der Waals surface area contributed by atoms with Crippen molar-refractivity contribution in [2.24, 2.45) is 23.7 Å². The van der Waals surface area contributed by atoms with Crippen molar-refractivity contribution in [2.75, 3.05) is 7.11 Å². The second-order valence-electron chi connectivity index (χ2n) is 3.86. The lowest BCUT2D eigenvalue weighted by atomic mass is 9.83. The van der Waals surface area contributed by atoms with Gasteiger partial charge >= 0.3 is 11.9 Å². The highest BCUT2D eigenvalue weighted by Crippen LogP contribution is 2.48. The minimum absolute atomic E-state index is 0.0154. The van der Waals surface area contributed by atoms with Crippen LogP contribution in [0.15, 0.2) is 12.2 Å². The third-order valence-electron chi connectivity index (χ3n) is 3.22. The zero-order chi connectivity index (χ0) is 10.3. The summed E-state index contributed by atoms with van der Waals surface area (Å²) in [5, 5.41) is 9.01. The zero-order valence-electron chi connectivity index (χ0n) is 7.84. The number of ether oxygens (including phenoxy) is 1. The molecule has 1 N–H and O–H groups in total. The minimum Gasteiger partial charge on any atom is -0.481 e. The fourth-order valence-electron chi connectivity index (χ4n) is 2.62. The molecule has 0 amide bonds. The minimum atomic E-state index is -0.891. The van der Waals surface area contributed by atoms with Crippen LogP contribution in [-0.2, 0) is 14.3 Å². The van der Waals surface area contributed by atoms with E-state index in [2.05, 4.69) is 4.74 Å². The van der Waals surface area contributed by atoms with Crippen LogP contribution in [0.3, 0.4) is 0 Å². The third-order valence-corrected chi connectivity index (χ3v) is 3.22. The smallest absolute Gasteiger partial charge is 0.310 e. The molecule has 14 heavy (non-hydrogen) atoms. The van der Waals surface area contributed by atoms with E-state index < -0.39 is 23.8 Å². The molecule has 2 unspecified atom stereocenters. The van der Waals surface area contributed by atoms with Crippen LogP contribution >= 0.6 is 0 Å². The van der Waals surface area contributed by atoms with Crippen LogP contribution in [0.1, 0.15) is 6.42 Å². The van der Waals surface area contributed by atoms with Crippen molar-refractivity contribution in [1.82, 2.24) is 0 Å². The Morgan fingerprint density at radius 1 is 1.29 bits per heavy atom. The van der Waals surface area contributed by atoms with Crippen molar-refractivity contribution in [3.8, 4) is 0 Å². The van der Waals surface area contributed by atoms with Gasteiger partial charge in [0, 0.05) is 0 Å². The van der Waals surface area contributed by atoms with Crippen molar-refractivity contribution in [2.45, 2.75) is 6.42 Å². The summed E-state index contributed by atoms with van der Waals surface area (Å²) >= 11 is 0. The fraction of sp³-hybridized carbons (Fsp3) is 0.600. The number of carboxylic acids is 1. The van der Waals surface area contributed by atoms with Crippen molar-refractivity contribution >= 4 is 11.9 Å². The molecular formula is C10H12O4. The largest absolute Gasteiger partial charge is 0.481 e. The number of hydrogen-bond donors (Lipinski definition) is 1. The number of methoxy groups -OCH3 is 1. The first kappa shape index (κ1) is 9.24. The Morgan fingerprint density at radius 2 is 1.86 bits per heavy atom. The molecule has 76 valence electrons. The summed E-state index contributed by atoms with van der Waals surface area (Å²) in [6.45, 7) is 0. The number of carboxylic acid groups (broad SMARTS) is 1. The molecule has 4 atom stereocenters. The Labute approximate surface area is 81.6 Å². The molecule has 2 rings (SSSR count). The molecule has 0 aromatic carbocycles. The first-order valence-electron chi connectivity index (χ1n) is 4.64. The number of hydrogen-bond acceptors (Lipinski definition) is 3. The summed E-state index contributed by atoms with van der Waals surface area (Å²) in [5.74, 6) is -2.27. The summed E-state index contributed by atoms with van der Waals surface area (Å²) in [6.07, 6.45) is 4.62. The van der Waals surface area contributed by atoms with Gasteiger partial charge in [-0.3, -0.25) is 9.59 Å². The summed E-state index contributed by atoms with van der Waals surface area (Å²) in [7, 11) is 1.30. The van der Waals surface area contributed by atoms with Gasteiger partial charge in [-0.1, -0.05) is 12.2 Å². The highest BCUT2D eigenvalue weighted by Gasteiger charge is 2.52. The topological polar surface area (TPSA) is 63.6 Å². The molecule has 1 fully saturated rings. The van der Waals surface area contributed by atoms with Gasteiger partial charge in [0.05, 0.1) is 18.9 Å². The molecule has 0 spiro atoms. The Hall–Kier alpha value is -1.32. The van der Waals surface area contributed by atoms with Gasteiger partial charge in [-0.05, 0) is 18.3 Å². The van der Waals surface area contributed by atoms with Crippen LogP contribution in [0.5, 0.6) is 0 Å². The Kier molecular flexibility index (Phi) is 2.06. The molecule has 2 aliphatic rings. The standard InChI is InChI=1S/C10H12O4/c1-14-10(13)8-6-3-2-5(4-6)7(8)9(11)12/h2-3,5-8H,4H2,1H3,(H,11,12)/t5-,6?,7+,8?/m0/s1. The van der Waals surface area contributed by atoms with E-state index >= 15 is 0 Å². The lowest BCUT2D eigenvalue weighted by molar-refractivity contribution is -0.156. The lowest BCUT2D eigenvalue weighted by Gasteiger charge is -2.21. The molecule has 0 radical (unpaired) electrons. The first-order chi connectivity index (χ1) is 6.65. The predicted molar refractivity (Wildman–Crippen MR) is 47.4 cm³/mol. The van der Waals surface area contributed by atoms with E-state index in [1.165, 1.54) is 7.11 Å². The quantitative estimate of drug-likeness (QED) is 0.521. The molecule has 2 bridgehead atoms. The molecular weight excluding hydrogens is 184 g/mol. The molecule has 0 heterocycles. The first-order valence-corrected chi connectivity index (χ1v) is 4.64. The highest BCUT2D eigenvalue weighted by molar-refractivity contribution is 5.83. The van der Waals surface area contributed by atoms with Gasteiger partial charge in [0.1, 0.15) is 0 Å². The molecule has 0 aliphatic heterocycles. The summed E-state index contributed by atoms with van der Waals surface area (Å²) in [5.41, 5.74) is 0. The van der Waals surface area contributed by atoms with Crippen molar-refractivity contribution in [3.63, 3.8) is 0 Å². The lowest BCUT2D eigenvalue weighted by Crippen LogP contribution is -2.33. The Morgan fingerprint density at radius 3 is 2.36 bits per heavy atom. The average Bonchev–Trinajstić information content (AvgIpc) is 2.74. The number of carbonyl (C=O) groups excluding carboxylic acids is 1. The average molecular weight is 196 g/mol. The van der Waals surface area contributed by atoms with E-state index in [4.69, 9.17) is 5.11 Å². The van der Waals surface area contributed by atoms with Gasteiger partial charge in [0.15, 0.2) is 0 Å². The third kappa shape index (κ3) is 1.14. The summed E-state index contributed by atoms with van der Waals surface area (Å²) < 4.78 is 4.63. The van der Waals surface area contributed by atoms with E-state index in [0.717, 1.165) is 6.42 Å². The van der Waals surface area contributed by atoms with Crippen molar-refractivity contribution < 1.29 is 19.4 Å². The number of aliphatic carboxylic acids is 1. The van der Waals surface area contributed by atoms with Crippen molar-refractivity contribution in [1.29, 1.82) is 0 Å². The number of esters is 1. The maximum Gasteiger partial charge on any atom is 0.310 e. The van der Waals surface area contributed by atoms with Crippen LogP contribution in [0, 0.1) is 23.7 Å². The molecule has 4 heteroatoms. The van der Waals surface area contributed by atoms with E-state index in [1.807, 2.05) is 12.2 Å². The van der Waals surface area contributed by atoms with Crippen LogP contribution < -0.4 is 0 Å². The Balaban J connectivity index is 2.26. The second kappa shape index (κ2) is 3.12. The van der Waals surface area contributed by atoms with Crippen LogP contribution in [0.2, 0.25) is 0 Å². The number of rotatable bonds is 2. The van der Waals surface area contributed by atoms with Gasteiger partial charge in [-0.25, -0.2) is 0 Å². The normalized spacial score (nSPS) is 38.6. The SMILES string of the molecule is COC(=O)C1C2C=C[C@@H](C2)[C@H]1C(=O)O. The summed E-state index contributed by atoms with van der Waals surface area (Å²) in [4.78, 5) is 22.4. The molecule has 0 aromatic heterocycles. The molecule has 0 saturated heterocycles. The number of carbonyl (C=O) groups is 2. The highest BCUT2D eigenvalue weighted by atomic mass is 16.5. The van der Waals surface area contributed by atoms with Gasteiger partial charge in [-0.15, -0.1) is 0 Å². The van der Waals surface area contributed by atoms with Gasteiger partial charge < -0.3 is 9.84 Å². The van der Waals surface area contributed by atoms with Crippen LogP contribution in [0.25, 0.3) is 0 Å². The van der Waals surface area contributed by atoms with Gasteiger partial charge in [-0.2, -0.15) is 0 Å². The van der Waals surface area contributed by atoms with Gasteiger partial charge in [0.2, 0.25) is 0 Å².